The highest BCUT2D eigenvalue weighted by Gasteiger charge is 2.09. The molecule has 5 nitrogen and oxygen atoms in total. The van der Waals surface area contributed by atoms with E-state index in [2.05, 4.69) is 27.5 Å². The smallest absolute Gasteiger partial charge is 0.253 e. The Morgan fingerprint density at radius 2 is 2.00 bits per heavy atom. The third-order valence-corrected chi connectivity index (χ3v) is 3.24. The van der Waals surface area contributed by atoms with E-state index in [9.17, 15) is 4.79 Å². The largest absolute Gasteiger partial charge is 0.384 e. The van der Waals surface area contributed by atoms with E-state index in [0.717, 1.165) is 24.3 Å². The first-order valence-electron chi connectivity index (χ1n) is 7.67. The van der Waals surface area contributed by atoms with Gasteiger partial charge in [-0.05, 0) is 30.7 Å². The topological polar surface area (TPSA) is 66.1 Å². The number of pyridine rings is 1. The van der Waals surface area contributed by atoms with Crippen LogP contribution in [0.15, 0.2) is 61.4 Å². The summed E-state index contributed by atoms with van der Waals surface area (Å²) in [5, 5.41) is 9.37. The van der Waals surface area contributed by atoms with Crippen molar-refractivity contribution in [1.82, 2.24) is 10.3 Å². The Kier molecular flexibility index (Phi) is 6.65. The number of rotatable bonds is 9. The Bertz CT molecular complexity index is 628. The highest BCUT2D eigenvalue weighted by atomic mass is 16.1. The molecule has 3 N–H and O–H groups in total. The fraction of sp³-hybridized carbons (Fsp3) is 0.222. The number of anilines is 2. The summed E-state index contributed by atoms with van der Waals surface area (Å²) in [6.07, 6.45) is 6.12. The molecule has 0 saturated carbocycles. The van der Waals surface area contributed by atoms with E-state index >= 15 is 0 Å². The van der Waals surface area contributed by atoms with Crippen molar-refractivity contribution in [3.05, 3.63) is 67.0 Å². The van der Waals surface area contributed by atoms with Gasteiger partial charge in [0.15, 0.2) is 0 Å². The van der Waals surface area contributed by atoms with E-state index in [1.807, 2.05) is 36.4 Å². The molecule has 2 aromatic rings. The predicted molar refractivity (Wildman–Crippen MR) is 94.8 cm³/mol. The Morgan fingerprint density at radius 1 is 1.13 bits per heavy atom. The number of hydrogen-bond donors (Lipinski definition) is 3. The number of carbonyl (C=O) groups is 1. The van der Waals surface area contributed by atoms with Crippen LogP contribution in [0, 0.1) is 0 Å². The molecule has 0 radical (unpaired) electrons. The van der Waals surface area contributed by atoms with Gasteiger partial charge in [0, 0.05) is 37.7 Å². The van der Waals surface area contributed by atoms with Crippen LogP contribution in [0.2, 0.25) is 0 Å². The molecule has 120 valence electrons. The zero-order valence-corrected chi connectivity index (χ0v) is 13.1. The third kappa shape index (κ3) is 5.47. The van der Waals surface area contributed by atoms with E-state index in [-0.39, 0.29) is 5.91 Å². The Labute approximate surface area is 136 Å². The molecule has 1 aromatic heterocycles. The van der Waals surface area contributed by atoms with Gasteiger partial charge in [0.2, 0.25) is 0 Å². The number of benzene rings is 1. The van der Waals surface area contributed by atoms with Crippen molar-refractivity contribution in [1.29, 1.82) is 0 Å². The lowest BCUT2D eigenvalue weighted by Crippen LogP contribution is -2.26. The van der Waals surface area contributed by atoms with Gasteiger partial charge in [-0.3, -0.25) is 9.78 Å². The first kappa shape index (κ1) is 16.5. The van der Waals surface area contributed by atoms with Crippen molar-refractivity contribution >= 4 is 17.3 Å². The molecule has 2 rings (SSSR count). The second-order valence-electron chi connectivity index (χ2n) is 4.99. The molecule has 5 heteroatoms. The molecule has 0 bridgehead atoms. The van der Waals surface area contributed by atoms with E-state index in [0.29, 0.717) is 18.7 Å². The molecular formula is C18H22N4O. The van der Waals surface area contributed by atoms with Crippen molar-refractivity contribution < 1.29 is 4.79 Å². The number of para-hydroxylation sites is 1. The normalized spacial score (nSPS) is 9.91. The van der Waals surface area contributed by atoms with Crippen LogP contribution in [0.1, 0.15) is 16.8 Å². The molecule has 1 heterocycles. The van der Waals surface area contributed by atoms with Gasteiger partial charge in [-0.25, -0.2) is 0 Å². The first-order valence-corrected chi connectivity index (χ1v) is 7.67. The van der Waals surface area contributed by atoms with Crippen LogP contribution < -0.4 is 16.0 Å². The summed E-state index contributed by atoms with van der Waals surface area (Å²) >= 11 is 0. The fourth-order valence-corrected chi connectivity index (χ4v) is 2.10. The summed E-state index contributed by atoms with van der Waals surface area (Å²) in [4.78, 5) is 16.3. The summed E-state index contributed by atoms with van der Waals surface area (Å²) in [5.41, 5.74) is 2.45. The molecule has 0 aliphatic heterocycles. The SMILES string of the molecule is C=CCNc1ccccc1C(=O)NCCCNc1cccnc1. The van der Waals surface area contributed by atoms with Gasteiger partial charge in [0.25, 0.3) is 5.91 Å². The molecule has 0 aliphatic carbocycles. The van der Waals surface area contributed by atoms with Crippen LogP contribution in [0.3, 0.4) is 0 Å². The maximum Gasteiger partial charge on any atom is 0.253 e. The van der Waals surface area contributed by atoms with Crippen molar-refractivity contribution in [2.75, 3.05) is 30.3 Å². The van der Waals surface area contributed by atoms with Gasteiger partial charge < -0.3 is 16.0 Å². The average Bonchev–Trinajstić information content (AvgIpc) is 2.60. The lowest BCUT2D eigenvalue weighted by Gasteiger charge is -2.11. The number of aromatic nitrogens is 1. The van der Waals surface area contributed by atoms with Crippen molar-refractivity contribution in [3.8, 4) is 0 Å². The highest BCUT2D eigenvalue weighted by molar-refractivity contribution is 5.99. The maximum absolute atomic E-state index is 12.3. The fourth-order valence-electron chi connectivity index (χ4n) is 2.10. The monoisotopic (exact) mass is 310 g/mol. The lowest BCUT2D eigenvalue weighted by atomic mass is 10.1. The molecule has 0 saturated heterocycles. The first-order chi connectivity index (χ1) is 11.3. The van der Waals surface area contributed by atoms with Gasteiger partial charge in [-0.1, -0.05) is 18.2 Å². The lowest BCUT2D eigenvalue weighted by molar-refractivity contribution is 0.0954. The van der Waals surface area contributed by atoms with Crippen LogP contribution >= 0.6 is 0 Å². The minimum absolute atomic E-state index is 0.0708. The summed E-state index contributed by atoms with van der Waals surface area (Å²) in [6, 6.07) is 11.3. The second-order valence-corrected chi connectivity index (χ2v) is 4.99. The minimum atomic E-state index is -0.0708. The second kappa shape index (κ2) is 9.25. The quantitative estimate of drug-likeness (QED) is 0.492. The van der Waals surface area contributed by atoms with E-state index in [1.165, 1.54) is 0 Å². The van der Waals surface area contributed by atoms with E-state index < -0.39 is 0 Å². The van der Waals surface area contributed by atoms with Crippen LogP contribution in [0.25, 0.3) is 0 Å². The molecule has 1 aromatic carbocycles. The standard InChI is InChI=1S/C18H22N4O/c1-2-10-21-17-9-4-3-8-16(17)18(23)22-13-6-12-20-15-7-5-11-19-14-15/h2-5,7-9,11,14,20-21H,1,6,10,12-13H2,(H,22,23). The Hall–Kier alpha value is -2.82. The van der Waals surface area contributed by atoms with Gasteiger partial charge in [0.05, 0.1) is 11.3 Å². The maximum atomic E-state index is 12.3. The van der Waals surface area contributed by atoms with Gasteiger partial charge in [-0.15, -0.1) is 6.58 Å². The molecular weight excluding hydrogens is 288 g/mol. The number of nitrogens with zero attached hydrogens (tertiary/aromatic N) is 1. The van der Waals surface area contributed by atoms with Gasteiger partial charge in [0.1, 0.15) is 0 Å². The van der Waals surface area contributed by atoms with Crippen LogP contribution in [-0.2, 0) is 0 Å². The van der Waals surface area contributed by atoms with Crippen LogP contribution in [-0.4, -0.2) is 30.5 Å². The Balaban J connectivity index is 1.75. The molecule has 0 aliphatic rings. The zero-order valence-electron chi connectivity index (χ0n) is 13.1. The number of amides is 1. The van der Waals surface area contributed by atoms with Crippen molar-refractivity contribution in [2.24, 2.45) is 0 Å². The summed E-state index contributed by atoms with van der Waals surface area (Å²) in [7, 11) is 0. The molecule has 0 atom stereocenters. The van der Waals surface area contributed by atoms with Crippen molar-refractivity contribution in [3.63, 3.8) is 0 Å². The predicted octanol–water partition coefficient (Wildman–Crippen LogP) is 2.91. The zero-order chi connectivity index (χ0) is 16.3. The number of nitrogens with one attached hydrogen (secondary N) is 3. The summed E-state index contributed by atoms with van der Waals surface area (Å²) in [6.45, 7) is 5.69. The summed E-state index contributed by atoms with van der Waals surface area (Å²) in [5.74, 6) is -0.0708. The number of hydrogen-bond acceptors (Lipinski definition) is 4. The Morgan fingerprint density at radius 3 is 2.78 bits per heavy atom. The van der Waals surface area contributed by atoms with Crippen LogP contribution in [0.4, 0.5) is 11.4 Å². The highest BCUT2D eigenvalue weighted by Crippen LogP contribution is 2.14. The van der Waals surface area contributed by atoms with E-state index in [1.54, 1.807) is 18.5 Å². The molecule has 0 unspecified atom stereocenters. The molecule has 0 spiro atoms. The molecule has 0 fully saturated rings. The van der Waals surface area contributed by atoms with E-state index in [4.69, 9.17) is 0 Å². The van der Waals surface area contributed by atoms with Crippen LogP contribution in [0.5, 0.6) is 0 Å². The summed E-state index contributed by atoms with van der Waals surface area (Å²) < 4.78 is 0. The average molecular weight is 310 g/mol. The molecule has 23 heavy (non-hydrogen) atoms. The van der Waals surface area contributed by atoms with Crippen molar-refractivity contribution in [2.45, 2.75) is 6.42 Å². The van der Waals surface area contributed by atoms with Gasteiger partial charge >= 0.3 is 0 Å². The minimum Gasteiger partial charge on any atom is -0.384 e. The number of carbonyl (C=O) groups excluding carboxylic acids is 1. The third-order valence-electron chi connectivity index (χ3n) is 3.24. The molecule has 1 amide bonds. The van der Waals surface area contributed by atoms with Gasteiger partial charge in [-0.2, -0.15) is 0 Å².